The number of anilines is 1. The summed E-state index contributed by atoms with van der Waals surface area (Å²) in [6.45, 7) is 2.75. The Hall–Kier alpha value is -2.44. The molecule has 0 saturated carbocycles. The zero-order valence-electron chi connectivity index (χ0n) is 14.0. The van der Waals surface area contributed by atoms with Crippen LogP contribution in [0.25, 0.3) is 10.1 Å². The monoisotopic (exact) mass is 359 g/mol. The van der Waals surface area contributed by atoms with E-state index < -0.39 is 0 Å². The first-order valence-electron chi connectivity index (χ1n) is 7.81. The first-order valence-corrected chi connectivity index (χ1v) is 8.62. The van der Waals surface area contributed by atoms with Crippen molar-refractivity contribution in [1.29, 1.82) is 0 Å². The first kappa shape index (κ1) is 17.4. The lowest BCUT2D eigenvalue weighted by molar-refractivity contribution is 0.103. The minimum atomic E-state index is -0.303. The highest BCUT2D eigenvalue weighted by Crippen LogP contribution is 2.33. The van der Waals surface area contributed by atoms with Crippen LogP contribution in [0.2, 0.25) is 0 Å². The standard InChI is InChI=1S/C19H18FNO3S/c1-12-17-15(20)4-3-5-16(17)25-18(12)19(22)21-13-6-8-14(9-7-13)24-11-10-23-2/h3-9H,10-11H2,1-2H3,(H,21,22). The van der Waals surface area contributed by atoms with Crippen molar-refractivity contribution < 1.29 is 18.7 Å². The van der Waals surface area contributed by atoms with E-state index in [4.69, 9.17) is 9.47 Å². The van der Waals surface area contributed by atoms with E-state index >= 15 is 0 Å². The van der Waals surface area contributed by atoms with E-state index in [0.717, 1.165) is 4.70 Å². The number of rotatable bonds is 6. The molecule has 1 amide bonds. The Morgan fingerprint density at radius 2 is 1.92 bits per heavy atom. The summed E-state index contributed by atoms with van der Waals surface area (Å²) in [5.74, 6) is 0.157. The van der Waals surface area contributed by atoms with Crippen LogP contribution in [0.3, 0.4) is 0 Å². The summed E-state index contributed by atoms with van der Waals surface area (Å²) in [4.78, 5) is 13.1. The summed E-state index contributed by atoms with van der Waals surface area (Å²) in [7, 11) is 1.61. The maximum atomic E-state index is 14.0. The van der Waals surface area contributed by atoms with Crippen LogP contribution < -0.4 is 10.1 Å². The van der Waals surface area contributed by atoms with Gasteiger partial charge >= 0.3 is 0 Å². The average molecular weight is 359 g/mol. The fourth-order valence-electron chi connectivity index (χ4n) is 2.54. The van der Waals surface area contributed by atoms with Gasteiger partial charge in [-0.2, -0.15) is 0 Å². The van der Waals surface area contributed by atoms with Crippen LogP contribution >= 0.6 is 11.3 Å². The normalized spacial score (nSPS) is 10.8. The van der Waals surface area contributed by atoms with E-state index in [2.05, 4.69) is 5.32 Å². The van der Waals surface area contributed by atoms with Gasteiger partial charge in [-0.15, -0.1) is 11.3 Å². The van der Waals surface area contributed by atoms with Gasteiger partial charge in [-0.3, -0.25) is 4.79 Å². The maximum absolute atomic E-state index is 14.0. The van der Waals surface area contributed by atoms with Gasteiger partial charge in [-0.25, -0.2) is 4.39 Å². The van der Waals surface area contributed by atoms with Gasteiger partial charge in [0.15, 0.2) is 0 Å². The predicted molar refractivity (Wildman–Crippen MR) is 98.3 cm³/mol. The van der Waals surface area contributed by atoms with Crippen molar-refractivity contribution in [2.45, 2.75) is 6.92 Å². The van der Waals surface area contributed by atoms with Crippen LogP contribution in [0, 0.1) is 12.7 Å². The van der Waals surface area contributed by atoms with Gasteiger partial charge in [-0.05, 0) is 48.9 Å². The number of amides is 1. The van der Waals surface area contributed by atoms with Crippen molar-refractivity contribution in [1.82, 2.24) is 0 Å². The molecule has 0 spiro atoms. The molecule has 0 aliphatic rings. The van der Waals surface area contributed by atoms with Gasteiger partial charge in [0, 0.05) is 22.9 Å². The third-order valence-electron chi connectivity index (χ3n) is 3.78. The van der Waals surface area contributed by atoms with Crippen LogP contribution in [0.15, 0.2) is 42.5 Å². The molecule has 0 aliphatic heterocycles. The smallest absolute Gasteiger partial charge is 0.266 e. The molecular weight excluding hydrogens is 341 g/mol. The molecule has 25 heavy (non-hydrogen) atoms. The molecule has 3 rings (SSSR count). The maximum Gasteiger partial charge on any atom is 0.266 e. The summed E-state index contributed by atoms with van der Waals surface area (Å²) in [6.07, 6.45) is 0. The molecule has 0 fully saturated rings. The molecule has 1 heterocycles. The summed E-state index contributed by atoms with van der Waals surface area (Å²) in [5.41, 5.74) is 1.32. The fraction of sp³-hybridized carbons (Fsp3) is 0.211. The minimum Gasteiger partial charge on any atom is -0.491 e. The Morgan fingerprint density at radius 1 is 1.16 bits per heavy atom. The van der Waals surface area contributed by atoms with Gasteiger partial charge in [0.25, 0.3) is 5.91 Å². The number of fused-ring (bicyclic) bond motifs is 1. The molecular formula is C19H18FNO3S. The van der Waals surface area contributed by atoms with E-state index in [1.807, 2.05) is 6.07 Å². The molecule has 0 unspecified atom stereocenters. The highest BCUT2D eigenvalue weighted by Gasteiger charge is 2.17. The lowest BCUT2D eigenvalue weighted by atomic mass is 10.1. The van der Waals surface area contributed by atoms with Gasteiger partial charge in [-0.1, -0.05) is 6.07 Å². The van der Waals surface area contributed by atoms with Crippen molar-refractivity contribution in [3.8, 4) is 5.75 Å². The number of nitrogens with one attached hydrogen (secondary N) is 1. The lowest BCUT2D eigenvalue weighted by Crippen LogP contribution is -2.11. The third kappa shape index (κ3) is 3.81. The van der Waals surface area contributed by atoms with Crippen molar-refractivity contribution in [2.75, 3.05) is 25.6 Å². The number of ether oxygens (including phenoxy) is 2. The Bertz CT molecular complexity index is 890. The topological polar surface area (TPSA) is 47.6 Å². The quantitative estimate of drug-likeness (QED) is 0.653. The van der Waals surface area contributed by atoms with Crippen molar-refractivity contribution in [3.05, 3.63) is 58.7 Å². The van der Waals surface area contributed by atoms with Crippen LogP contribution in [0.4, 0.5) is 10.1 Å². The third-order valence-corrected chi connectivity index (χ3v) is 5.03. The molecule has 3 aromatic rings. The molecule has 130 valence electrons. The number of thiophene rings is 1. The van der Waals surface area contributed by atoms with Crippen molar-refractivity contribution in [3.63, 3.8) is 0 Å². The van der Waals surface area contributed by atoms with Gasteiger partial charge in [0.05, 0.1) is 11.5 Å². The predicted octanol–water partition coefficient (Wildman–Crippen LogP) is 4.63. The number of carbonyl (C=O) groups excluding carboxylic acids is 1. The largest absolute Gasteiger partial charge is 0.491 e. The fourth-order valence-corrected chi connectivity index (χ4v) is 3.65. The Balaban J connectivity index is 1.74. The SMILES string of the molecule is COCCOc1ccc(NC(=O)c2sc3cccc(F)c3c2C)cc1. The number of carbonyl (C=O) groups is 1. The molecule has 0 atom stereocenters. The molecule has 4 nitrogen and oxygen atoms in total. The average Bonchev–Trinajstić information content (AvgIpc) is 2.95. The van der Waals surface area contributed by atoms with E-state index in [1.54, 1.807) is 44.4 Å². The molecule has 0 aliphatic carbocycles. The summed E-state index contributed by atoms with van der Waals surface area (Å²) < 4.78 is 25.2. The number of aryl methyl sites for hydroxylation is 1. The zero-order valence-corrected chi connectivity index (χ0v) is 14.8. The van der Waals surface area contributed by atoms with Crippen LogP contribution in [0.5, 0.6) is 5.75 Å². The number of methoxy groups -OCH3 is 1. The Kier molecular flexibility index (Phi) is 5.31. The lowest BCUT2D eigenvalue weighted by Gasteiger charge is -2.08. The first-order chi connectivity index (χ1) is 12.1. The van der Waals surface area contributed by atoms with E-state index in [9.17, 15) is 9.18 Å². The molecule has 2 aromatic carbocycles. The highest BCUT2D eigenvalue weighted by molar-refractivity contribution is 7.21. The van der Waals surface area contributed by atoms with E-state index in [0.29, 0.717) is 40.5 Å². The molecule has 0 saturated heterocycles. The second kappa shape index (κ2) is 7.63. The zero-order chi connectivity index (χ0) is 17.8. The molecule has 1 N–H and O–H groups in total. The number of halogens is 1. The summed E-state index contributed by atoms with van der Waals surface area (Å²) in [6, 6.07) is 12.0. The van der Waals surface area contributed by atoms with Crippen LogP contribution in [-0.2, 0) is 4.74 Å². The van der Waals surface area contributed by atoms with E-state index in [-0.39, 0.29) is 11.7 Å². The van der Waals surface area contributed by atoms with Crippen molar-refractivity contribution in [2.24, 2.45) is 0 Å². The summed E-state index contributed by atoms with van der Waals surface area (Å²) in [5, 5.41) is 3.36. The second-order valence-corrected chi connectivity index (χ2v) is 6.54. The van der Waals surface area contributed by atoms with Crippen LogP contribution in [-0.4, -0.2) is 26.2 Å². The highest BCUT2D eigenvalue weighted by atomic mass is 32.1. The molecule has 6 heteroatoms. The van der Waals surface area contributed by atoms with Crippen LogP contribution in [0.1, 0.15) is 15.2 Å². The second-order valence-electron chi connectivity index (χ2n) is 5.49. The molecule has 0 bridgehead atoms. The van der Waals surface area contributed by atoms with Gasteiger partial charge in [0.1, 0.15) is 18.2 Å². The number of hydrogen-bond acceptors (Lipinski definition) is 4. The molecule has 1 aromatic heterocycles. The Morgan fingerprint density at radius 3 is 2.60 bits per heavy atom. The Labute approximate surface area is 149 Å². The number of hydrogen-bond donors (Lipinski definition) is 1. The summed E-state index contributed by atoms with van der Waals surface area (Å²) >= 11 is 1.29. The minimum absolute atomic E-state index is 0.244. The van der Waals surface area contributed by atoms with E-state index in [1.165, 1.54) is 17.4 Å². The van der Waals surface area contributed by atoms with Crippen molar-refractivity contribution >= 4 is 33.0 Å². The number of benzene rings is 2. The van der Waals surface area contributed by atoms with Gasteiger partial charge < -0.3 is 14.8 Å². The van der Waals surface area contributed by atoms with Gasteiger partial charge in [0.2, 0.25) is 0 Å². The molecule has 0 radical (unpaired) electrons.